The standard InChI is InChI=1S/C14H22ClN3O4S/c1-9-7-10(15)12(8-11(9)16)23(20,21)18-6-5-17-13(19)22-14(2,3)4/h7-8,18H,5-6,16H2,1-4H3,(H,17,19). The third kappa shape index (κ3) is 6.25. The molecule has 0 aliphatic heterocycles. The molecule has 0 aliphatic rings. The van der Waals surface area contributed by atoms with Crippen LogP contribution in [0.3, 0.4) is 0 Å². The smallest absolute Gasteiger partial charge is 0.407 e. The third-order valence-electron chi connectivity index (χ3n) is 2.70. The summed E-state index contributed by atoms with van der Waals surface area (Å²) < 4.78 is 31.8. The fourth-order valence-corrected chi connectivity index (χ4v) is 3.26. The zero-order valence-corrected chi connectivity index (χ0v) is 15.1. The lowest BCUT2D eigenvalue weighted by atomic mass is 10.2. The number of carbonyl (C=O) groups excluding carboxylic acids is 1. The molecule has 0 heterocycles. The number of benzene rings is 1. The van der Waals surface area contributed by atoms with Gasteiger partial charge in [-0.3, -0.25) is 0 Å². The van der Waals surface area contributed by atoms with Gasteiger partial charge in [-0.25, -0.2) is 17.9 Å². The van der Waals surface area contributed by atoms with E-state index in [0.717, 1.165) is 0 Å². The predicted octanol–water partition coefficient (Wildman–Crippen LogP) is 2.03. The van der Waals surface area contributed by atoms with Gasteiger partial charge in [0.25, 0.3) is 0 Å². The zero-order chi connectivity index (χ0) is 17.8. The van der Waals surface area contributed by atoms with Crippen molar-refractivity contribution in [2.45, 2.75) is 38.2 Å². The molecule has 7 nitrogen and oxygen atoms in total. The molecule has 0 radical (unpaired) electrons. The van der Waals surface area contributed by atoms with Crippen molar-refractivity contribution in [1.82, 2.24) is 10.0 Å². The van der Waals surface area contributed by atoms with Crippen LogP contribution in [-0.2, 0) is 14.8 Å². The molecule has 23 heavy (non-hydrogen) atoms. The number of halogens is 1. The van der Waals surface area contributed by atoms with Crippen LogP contribution in [0.5, 0.6) is 0 Å². The molecule has 0 atom stereocenters. The van der Waals surface area contributed by atoms with E-state index >= 15 is 0 Å². The summed E-state index contributed by atoms with van der Waals surface area (Å²) in [6, 6.07) is 2.80. The number of ether oxygens (including phenoxy) is 1. The number of sulfonamides is 1. The molecular formula is C14H22ClN3O4S. The molecule has 0 aliphatic carbocycles. The van der Waals surface area contributed by atoms with Crippen molar-refractivity contribution in [3.63, 3.8) is 0 Å². The number of amides is 1. The van der Waals surface area contributed by atoms with Crippen molar-refractivity contribution in [3.05, 3.63) is 22.7 Å². The van der Waals surface area contributed by atoms with E-state index in [9.17, 15) is 13.2 Å². The Morgan fingerprint density at radius 3 is 2.48 bits per heavy atom. The van der Waals surface area contributed by atoms with E-state index in [0.29, 0.717) is 11.3 Å². The van der Waals surface area contributed by atoms with Crippen LogP contribution in [0.25, 0.3) is 0 Å². The molecule has 0 fully saturated rings. The van der Waals surface area contributed by atoms with Crippen LogP contribution >= 0.6 is 11.6 Å². The van der Waals surface area contributed by atoms with E-state index in [-0.39, 0.29) is 23.0 Å². The van der Waals surface area contributed by atoms with Crippen LogP contribution in [0, 0.1) is 6.92 Å². The number of nitrogens with one attached hydrogen (secondary N) is 2. The summed E-state index contributed by atoms with van der Waals surface area (Å²) in [5, 5.41) is 2.54. The number of nitrogen functional groups attached to an aromatic ring is 1. The summed E-state index contributed by atoms with van der Waals surface area (Å²) in [7, 11) is -3.82. The lowest BCUT2D eigenvalue weighted by molar-refractivity contribution is 0.0529. The number of carbonyl (C=O) groups is 1. The van der Waals surface area contributed by atoms with Gasteiger partial charge in [0.05, 0.1) is 5.02 Å². The summed E-state index contributed by atoms with van der Waals surface area (Å²) in [5.41, 5.74) is 6.13. The summed E-state index contributed by atoms with van der Waals surface area (Å²) in [6.45, 7) is 7.01. The fourth-order valence-electron chi connectivity index (χ4n) is 1.62. The van der Waals surface area contributed by atoms with Gasteiger partial charge in [0.1, 0.15) is 10.5 Å². The summed E-state index contributed by atoms with van der Waals surface area (Å²) in [6.07, 6.45) is -0.616. The normalized spacial score (nSPS) is 12.0. The van der Waals surface area contributed by atoms with Crippen LogP contribution in [-0.4, -0.2) is 33.2 Å². The van der Waals surface area contributed by atoms with E-state index in [1.54, 1.807) is 27.7 Å². The maximum Gasteiger partial charge on any atom is 0.407 e. The molecule has 0 aromatic heterocycles. The van der Waals surface area contributed by atoms with Gasteiger partial charge in [0.15, 0.2) is 0 Å². The molecule has 0 bridgehead atoms. The van der Waals surface area contributed by atoms with E-state index in [1.807, 2.05) is 0 Å². The second-order valence-corrected chi connectivity index (χ2v) is 8.11. The monoisotopic (exact) mass is 363 g/mol. The highest BCUT2D eigenvalue weighted by atomic mass is 35.5. The van der Waals surface area contributed by atoms with E-state index in [2.05, 4.69) is 10.0 Å². The van der Waals surface area contributed by atoms with Gasteiger partial charge in [-0.15, -0.1) is 0 Å². The highest BCUT2D eigenvalue weighted by Gasteiger charge is 2.19. The van der Waals surface area contributed by atoms with Crippen LogP contribution < -0.4 is 15.8 Å². The Bertz CT molecular complexity index is 684. The summed E-state index contributed by atoms with van der Waals surface area (Å²) >= 11 is 5.96. The molecule has 130 valence electrons. The number of hydrogen-bond donors (Lipinski definition) is 3. The van der Waals surface area contributed by atoms with E-state index in [1.165, 1.54) is 12.1 Å². The molecule has 1 aromatic rings. The van der Waals surface area contributed by atoms with Gasteiger partial charge in [0, 0.05) is 18.8 Å². The van der Waals surface area contributed by atoms with E-state index < -0.39 is 21.7 Å². The molecule has 0 saturated heterocycles. The topological polar surface area (TPSA) is 111 Å². The van der Waals surface area contributed by atoms with Crippen LogP contribution in [0.4, 0.5) is 10.5 Å². The SMILES string of the molecule is Cc1cc(Cl)c(S(=O)(=O)NCCNC(=O)OC(C)(C)C)cc1N. The number of anilines is 1. The lowest BCUT2D eigenvalue weighted by Crippen LogP contribution is -2.37. The second-order valence-electron chi connectivity index (χ2n) is 5.97. The number of nitrogens with two attached hydrogens (primary N) is 1. The molecule has 9 heteroatoms. The van der Waals surface area contributed by atoms with Gasteiger partial charge < -0.3 is 15.8 Å². The summed E-state index contributed by atoms with van der Waals surface area (Å²) in [5.74, 6) is 0. The van der Waals surface area contributed by atoms with Crippen molar-refractivity contribution in [1.29, 1.82) is 0 Å². The molecule has 0 spiro atoms. The lowest BCUT2D eigenvalue weighted by Gasteiger charge is -2.19. The number of rotatable bonds is 5. The highest BCUT2D eigenvalue weighted by molar-refractivity contribution is 7.89. The predicted molar refractivity (Wildman–Crippen MR) is 90.0 cm³/mol. The molecule has 1 aromatic carbocycles. The van der Waals surface area contributed by atoms with Gasteiger partial charge in [-0.1, -0.05) is 11.6 Å². The fraction of sp³-hybridized carbons (Fsp3) is 0.500. The minimum Gasteiger partial charge on any atom is -0.444 e. The first kappa shape index (κ1) is 19.5. The van der Waals surface area contributed by atoms with Gasteiger partial charge >= 0.3 is 6.09 Å². The molecule has 0 saturated carbocycles. The highest BCUT2D eigenvalue weighted by Crippen LogP contribution is 2.26. The Labute approximate surface area is 141 Å². The molecule has 1 rings (SSSR count). The van der Waals surface area contributed by atoms with Crippen molar-refractivity contribution < 1.29 is 17.9 Å². The first-order valence-corrected chi connectivity index (χ1v) is 8.80. The molecule has 1 amide bonds. The first-order valence-electron chi connectivity index (χ1n) is 6.94. The molecular weight excluding hydrogens is 342 g/mol. The minimum absolute atomic E-state index is 0.00825. The van der Waals surface area contributed by atoms with Crippen molar-refractivity contribution in [2.75, 3.05) is 18.8 Å². The van der Waals surface area contributed by atoms with Gasteiger partial charge in [-0.2, -0.15) is 0 Å². The average Bonchev–Trinajstić information content (AvgIpc) is 2.37. The van der Waals surface area contributed by atoms with E-state index in [4.69, 9.17) is 22.1 Å². The van der Waals surface area contributed by atoms with Crippen LogP contribution in [0.15, 0.2) is 17.0 Å². The molecule has 0 unspecified atom stereocenters. The summed E-state index contributed by atoms with van der Waals surface area (Å²) in [4.78, 5) is 11.3. The maximum absolute atomic E-state index is 12.2. The Kier molecular flexibility index (Phi) is 6.26. The number of alkyl carbamates (subject to hydrolysis) is 1. The Morgan fingerprint density at radius 1 is 1.30 bits per heavy atom. The van der Waals surface area contributed by atoms with Crippen molar-refractivity contribution >= 4 is 33.4 Å². The second kappa shape index (κ2) is 7.37. The minimum atomic E-state index is -3.82. The quantitative estimate of drug-likeness (QED) is 0.547. The Balaban J connectivity index is 2.61. The maximum atomic E-state index is 12.2. The Morgan fingerprint density at radius 2 is 1.91 bits per heavy atom. The third-order valence-corrected chi connectivity index (χ3v) is 4.62. The molecule has 4 N–H and O–H groups in total. The largest absolute Gasteiger partial charge is 0.444 e. The first-order chi connectivity index (χ1) is 10.4. The number of aryl methyl sites for hydroxylation is 1. The van der Waals surface area contributed by atoms with Crippen molar-refractivity contribution in [3.8, 4) is 0 Å². The number of hydrogen-bond acceptors (Lipinski definition) is 5. The van der Waals surface area contributed by atoms with Gasteiger partial charge in [0.2, 0.25) is 10.0 Å². The zero-order valence-electron chi connectivity index (χ0n) is 13.6. The average molecular weight is 364 g/mol. The van der Waals surface area contributed by atoms with Crippen LogP contribution in [0.2, 0.25) is 5.02 Å². The Hall–Kier alpha value is -1.51. The van der Waals surface area contributed by atoms with Gasteiger partial charge in [-0.05, 0) is 45.4 Å². The van der Waals surface area contributed by atoms with Crippen molar-refractivity contribution in [2.24, 2.45) is 0 Å². The van der Waals surface area contributed by atoms with Crippen LogP contribution in [0.1, 0.15) is 26.3 Å².